The van der Waals surface area contributed by atoms with Crippen LogP contribution < -0.4 is 11.5 Å². The van der Waals surface area contributed by atoms with Crippen LogP contribution in [0.3, 0.4) is 0 Å². The van der Waals surface area contributed by atoms with E-state index in [1.54, 1.807) is 0 Å². The SMILES string of the molecule is CCCC(CN)CCC(C)C1(C)CCCCCCC1(C)CCCCCN. The van der Waals surface area contributed by atoms with Crippen molar-refractivity contribution in [3.8, 4) is 0 Å². The first kappa shape index (κ1) is 24.0. The van der Waals surface area contributed by atoms with Crippen LogP contribution >= 0.6 is 0 Å². The van der Waals surface area contributed by atoms with E-state index in [9.17, 15) is 0 Å². The molecule has 4 atom stereocenters. The molecule has 0 aliphatic heterocycles. The highest BCUT2D eigenvalue weighted by Crippen LogP contribution is 2.56. The Morgan fingerprint density at radius 1 is 0.846 bits per heavy atom. The maximum absolute atomic E-state index is 6.04. The molecule has 1 aliphatic rings. The van der Waals surface area contributed by atoms with Crippen LogP contribution in [0, 0.1) is 22.7 Å². The fourth-order valence-corrected chi connectivity index (χ4v) is 5.63. The predicted molar refractivity (Wildman–Crippen MR) is 117 cm³/mol. The predicted octanol–water partition coefficient (Wildman–Crippen LogP) is 6.66. The van der Waals surface area contributed by atoms with Gasteiger partial charge < -0.3 is 11.5 Å². The van der Waals surface area contributed by atoms with Crippen molar-refractivity contribution in [3.05, 3.63) is 0 Å². The Kier molecular flexibility index (Phi) is 11.4. The van der Waals surface area contributed by atoms with E-state index >= 15 is 0 Å². The van der Waals surface area contributed by atoms with Crippen molar-refractivity contribution in [2.45, 2.75) is 118 Å². The summed E-state index contributed by atoms with van der Waals surface area (Å²) in [5, 5.41) is 0. The van der Waals surface area contributed by atoms with Gasteiger partial charge >= 0.3 is 0 Å². The number of hydrogen-bond donors (Lipinski definition) is 2. The van der Waals surface area contributed by atoms with Gasteiger partial charge in [-0.15, -0.1) is 0 Å². The van der Waals surface area contributed by atoms with Crippen molar-refractivity contribution in [1.29, 1.82) is 0 Å². The van der Waals surface area contributed by atoms with Crippen LogP contribution in [0.15, 0.2) is 0 Å². The van der Waals surface area contributed by atoms with Crippen molar-refractivity contribution in [3.63, 3.8) is 0 Å². The van der Waals surface area contributed by atoms with Gasteiger partial charge in [-0.3, -0.25) is 0 Å². The van der Waals surface area contributed by atoms with Crippen molar-refractivity contribution >= 4 is 0 Å². The number of hydrogen-bond acceptors (Lipinski definition) is 2. The Labute approximate surface area is 165 Å². The molecule has 1 rings (SSSR count). The normalized spacial score (nSPS) is 29.8. The Bertz CT molecular complexity index is 356. The molecule has 0 aromatic carbocycles. The zero-order valence-electron chi connectivity index (χ0n) is 18.6. The quantitative estimate of drug-likeness (QED) is 0.379. The molecular formula is C24H50N2. The molecule has 0 heterocycles. The number of unbranched alkanes of at least 4 members (excludes halogenated alkanes) is 2. The van der Waals surface area contributed by atoms with Gasteiger partial charge in [0.25, 0.3) is 0 Å². The van der Waals surface area contributed by atoms with Crippen LogP contribution in [0.5, 0.6) is 0 Å². The highest BCUT2D eigenvalue weighted by atomic mass is 14.6. The topological polar surface area (TPSA) is 52.0 Å². The molecule has 0 aromatic heterocycles. The lowest BCUT2D eigenvalue weighted by Crippen LogP contribution is -2.43. The van der Waals surface area contributed by atoms with Crippen molar-refractivity contribution in [2.75, 3.05) is 13.1 Å². The summed E-state index contributed by atoms with van der Waals surface area (Å²) in [7, 11) is 0. The van der Waals surface area contributed by atoms with Crippen LogP contribution in [0.2, 0.25) is 0 Å². The highest BCUT2D eigenvalue weighted by Gasteiger charge is 2.46. The van der Waals surface area contributed by atoms with E-state index in [0.29, 0.717) is 10.8 Å². The summed E-state index contributed by atoms with van der Waals surface area (Å²) < 4.78 is 0. The summed E-state index contributed by atoms with van der Waals surface area (Å²) in [5.41, 5.74) is 12.7. The summed E-state index contributed by atoms with van der Waals surface area (Å²) in [6.07, 6.45) is 19.1. The van der Waals surface area contributed by atoms with Crippen LogP contribution in [0.1, 0.15) is 118 Å². The maximum atomic E-state index is 6.04. The van der Waals surface area contributed by atoms with Gasteiger partial charge in [-0.05, 0) is 80.7 Å². The lowest BCUT2D eigenvalue weighted by atomic mass is 9.52. The number of rotatable bonds is 12. The maximum Gasteiger partial charge on any atom is -0.00489 e. The average Bonchev–Trinajstić information content (AvgIpc) is 2.63. The first-order chi connectivity index (χ1) is 12.4. The molecular weight excluding hydrogens is 316 g/mol. The Hall–Kier alpha value is -0.0800. The molecule has 1 fully saturated rings. The molecule has 26 heavy (non-hydrogen) atoms. The molecule has 0 radical (unpaired) electrons. The van der Waals surface area contributed by atoms with Gasteiger partial charge in [0.15, 0.2) is 0 Å². The third kappa shape index (κ3) is 6.82. The number of nitrogens with two attached hydrogens (primary N) is 2. The molecule has 1 saturated carbocycles. The van der Waals surface area contributed by atoms with E-state index in [1.807, 2.05) is 0 Å². The minimum absolute atomic E-state index is 0.474. The first-order valence-corrected chi connectivity index (χ1v) is 11.8. The molecule has 0 bridgehead atoms. The van der Waals surface area contributed by atoms with Crippen LogP contribution in [0.4, 0.5) is 0 Å². The molecule has 0 spiro atoms. The fraction of sp³-hybridized carbons (Fsp3) is 1.00. The summed E-state index contributed by atoms with van der Waals surface area (Å²) in [6, 6.07) is 0. The van der Waals surface area contributed by atoms with Crippen molar-refractivity contribution in [2.24, 2.45) is 34.1 Å². The van der Waals surface area contributed by atoms with Crippen molar-refractivity contribution in [1.82, 2.24) is 0 Å². The monoisotopic (exact) mass is 366 g/mol. The molecule has 0 aromatic rings. The van der Waals surface area contributed by atoms with E-state index < -0.39 is 0 Å². The Morgan fingerprint density at radius 2 is 1.54 bits per heavy atom. The minimum atomic E-state index is 0.474. The molecule has 156 valence electrons. The van der Waals surface area contributed by atoms with Crippen LogP contribution in [0.25, 0.3) is 0 Å². The molecule has 4 unspecified atom stereocenters. The van der Waals surface area contributed by atoms with Crippen LogP contribution in [-0.2, 0) is 0 Å². The third-order valence-electron chi connectivity index (χ3n) is 8.11. The third-order valence-corrected chi connectivity index (χ3v) is 8.11. The fourth-order valence-electron chi connectivity index (χ4n) is 5.63. The minimum Gasteiger partial charge on any atom is -0.330 e. The van der Waals surface area contributed by atoms with Gasteiger partial charge in [0.2, 0.25) is 0 Å². The lowest BCUT2D eigenvalue weighted by Gasteiger charge is -2.53. The Morgan fingerprint density at radius 3 is 2.15 bits per heavy atom. The second kappa shape index (κ2) is 12.4. The molecule has 2 nitrogen and oxygen atoms in total. The smallest absolute Gasteiger partial charge is 0.00489 e. The van der Waals surface area contributed by atoms with Gasteiger partial charge in [-0.1, -0.05) is 72.6 Å². The lowest BCUT2D eigenvalue weighted by molar-refractivity contribution is -0.0272. The second-order valence-electron chi connectivity index (χ2n) is 9.86. The second-order valence-corrected chi connectivity index (χ2v) is 9.86. The van der Waals surface area contributed by atoms with Gasteiger partial charge in [-0.2, -0.15) is 0 Å². The zero-order valence-corrected chi connectivity index (χ0v) is 18.6. The van der Waals surface area contributed by atoms with Gasteiger partial charge in [0.1, 0.15) is 0 Å². The molecule has 4 N–H and O–H groups in total. The average molecular weight is 367 g/mol. The molecule has 0 saturated heterocycles. The molecule has 0 amide bonds. The van der Waals surface area contributed by atoms with Gasteiger partial charge in [-0.25, -0.2) is 0 Å². The van der Waals surface area contributed by atoms with E-state index in [1.165, 1.54) is 89.9 Å². The largest absolute Gasteiger partial charge is 0.330 e. The summed E-state index contributed by atoms with van der Waals surface area (Å²) >= 11 is 0. The summed E-state index contributed by atoms with van der Waals surface area (Å²) in [4.78, 5) is 0. The van der Waals surface area contributed by atoms with Gasteiger partial charge in [0, 0.05) is 0 Å². The van der Waals surface area contributed by atoms with E-state index in [0.717, 1.165) is 24.9 Å². The molecule has 1 aliphatic carbocycles. The van der Waals surface area contributed by atoms with E-state index in [2.05, 4.69) is 27.7 Å². The van der Waals surface area contributed by atoms with Gasteiger partial charge in [0.05, 0.1) is 0 Å². The highest BCUT2D eigenvalue weighted by molar-refractivity contribution is 4.96. The summed E-state index contributed by atoms with van der Waals surface area (Å²) in [6.45, 7) is 11.8. The standard InChI is InChI=1S/C24H50N2/c1-5-13-22(20-26)15-14-21(2)24(4)18-11-7-6-9-16-23(24,3)17-10-8-12-19-25/h21-22H,5-20,25-26H2,1-4H3. The van der Waals surface area contributed by atoms with Crippen molar-refractivity contribution < 1.29 is 0 Å². The summed E-state index contributed by atoms with van der Waals surface area (Å²) in [5.74, 6) is 1.53. The first-order valence-electron chi connectivity index (χ1n) is 11.8. The van der Waals surface area contributed by atoms with Crippen LogP contribution in [-0.4, -0.2) is 13.1 Å². The Balaban J connectivity index is 2.81. The van der Waals surface area contributed by atoms with E-state index in [4.69, 9.17) is 11.5 Å². The zero-order chi connectivity index (χ0) is 19.5. The van der Waals surface area contributed by atoms with E-state index in [-0.39, 0.29) is 0 Å². The molecule has 2 heteroatoms.